The first-order valence-corrected chi connectivity index (χ1v) is 6.17. The molecule has 0 aromatic heterocycles. The SMILES string of the molecule is CCCNC(=O)CNC(=O)N1CC(O)C[C@H]1C(=O)O. The summed E-state index contributed by atoms with van der Waals surface area (Å²) < 4.78 is 0. The Morgan fingerprint density at radius 2 is 2.00 bits per heavy atom. The first-order chi connectivity index (χ1) is 8.95. The van der Waals surface area contributed by atoms with E-state index in [1.165, 1.54) is 0 Å². The third-order valence-electron chi connectivity index (χ3n) is 2.80. The van der Waals surface area contributed by atoms with Gasteiger partial charge < -0.3 is 25.7 Å². The largest absolute Gasteiger partial charge is 0.480 e. The number of rotatable bonds is 5. The Kier molecular flexibility index (Phi) is 5.56. The van der Waals surface area contributed by atoms with E-state index in [0.717, 1.165) is 11.3 Å². The maximum Gasteiger partial charge on any atom is 0.326 e. The second-order valence-electron chi connectivity index (χ2n) is 4.40. The van der Waals surface area contributed by atoms with Gasteiger partial charge in [0.1, 0.15) is 6.04 Å². The molecule has 1 heterocycles. The van der Waals surface area contributed by atoms with Gasteiger partial charge in [-0.15, -0.1) is 0 Å². The lowest BCUT2D eigenvalue weighted by atomic mass is 10.2. The van der Waals surface area contributed by atoms with Crippen molar-refractivity contribution in [1.82, 2.24) is 15.5 Å². The summed E-state index contributed by atoms with van der Waals surface area (Å²) >= 11 is 0. The van der Waals surface area contributed by atoms with E-state index in [1.54, 1.807) is 0 Å². The van der Waals surface area contributed by atoms with Crippen LogP contribution in [0.5, 0.6) is 0 Å². The molecule has 0 aliphatic carbocycles. The molecule has 0 spiro atoms. The van der Waals surface area contributed by atoms with E-state index < -0.39 is 24.1 Å². The van der Waals surface area contributed by atoms with Crippen LogP contribution in [-0.2, 0) is 9.59 Å². The van der Waals surface area contributed by atoms with Crippen LogP contribution >= 0.6 is 0 Å². The molecule has 8 nitrogen and oxygen atoms in total. The highest BCUT2D eigenvalue weighted by Gasteiger charge is 2.38. The van der Waals surface area contributed by atoms with Crippen molar-refractivity contribution < 1.29 is 24.6 Å². The Bertz CT molecular complexity index is 360. The zero-order valence-corrected chi connectivity index (χ0v) is 10.8. The molecule has 8 heteroatoms. The van der Waals surface area contributed by atoms with Gasteiger partial charge in [0.2, 0.25) is 5.91 Å². The van der Waals surface area contributed by atoms with Crippen LogP contribution in [0, 0.1) is 0 Å². The molecule has 1 rings (SSSR count). The second kappa shape index (κ2) is 6.93. The lowest BCUT2D eigenvalue weighted by molar-refractivity contribution is -0.141. The number of carboxylic acid groups (broad SMARTS) is 1. The summed E-state index contributed by atoms with van der Waals surface area (Å²) in [4.78, 5) is 35.0. The standard InChI is InChI=1S/C11H19N3O5/c1-2-3-12-9(16)5-13-11(19)14-6-7(15)4-8(14)10(17)18/h7-8,15H,2-6H2,1H3,(H,12,16)(H,13,19)(H,17,18)/t7?,8-/m0/s1. The molecule has 1 aliphatic rings. The number of carbonyl (C=O) groups is 3. The molecule has 19 heavy (non-hydrogen) atoms. The fraction of sp³-hybridized carbons (Fsp3) is 0.727. The predicted molar refractivity (Wildman–Crippen MR) is 65.5 cm³/mol. The summed E-state index contributed by atoms with van der Waals surface area (Å²) in [5.41, 5.74) is 0. The van der Waals surface area contributed by atoms with E-state index in [1.807, 2.05) is 6.92 Å². The first-order valence-electron chi connectivity index (χ1n) is 6.17. The second-order valence-corrected chi connectivity index (χ2v) is 4.40. The Morgan fingerprint density at radius 3 is 2.58 bits per heavy atom. The van der Waals surface area contributed by atoms with Crippen LogP contribution in [0.4, 0.5) is 4.79 Å². The smallest absolute Gasteiger partial charge is 0.326 e. The molecule has 1 aliphatic heterocycles. The first kappa shape index (κ1) is 15.2. The predicted octanol–water partition coefficient (Wildman–Crippen LogP) is -1.26. The normalized spacial score (nSPS) is 22.1. The molecule has 0 radical (unpaired) electrons. The van der Waals surface area contributed by atoms with Gasteiger partial charge in [-0.05, 0) is 6.42 Å². The summed E-state index contributed by atoms with van der Waals surface area (Å²) in [7, 11) is 0. The van der Waals surface area contributed by atoms with Crippen molar-refractivity contribution in [2.24, 2.45) is 0 Å². The number of urea groups is 1. The quantitative estimate of drug-likeness (QED) is 0.498. The number of carbonyl (C=O) groups excluding carboxylic acids is 2. The van der Waals surface area contributed by atoms with E-state index in [0.29, 0.717) is 6.54 Å². The highest BCUT2D eigenvalue weighted by molar-refractivity contribution is 5.87. The minimum Gasteiger partial charge on any atom is -0.480 e. The average Bonchev–Trinajstić information content (AvgIpc) is 2.75. The Balaban J connectivity index is 2.44. The minimum absolute atomic E-state index is 0.00475. The minimum atomic E-state index is -1.16. The summed E-state index contributed by atoms with van der Waals surface area (Å²) in [5.74, 6) is -1.50. The summed E-state index contributed by atoms with van der Waals surface area (Å²) in [6.45, 7) is 2.17. The van der Waals surface area contributed by atoms with Gasteiger partial charge in [-0.3, -0.25) is 4.79 Å². The van der Waals surface area contributed by atoms with Crippen LogP contribution in [-0.4, -0.2) is 64.8 Å². The molecule has 1 unspecified atom stereocenters. The number of aliphatic carboxylic acids is 1. The van der Waals surface area contributed by atoms with Crippen molar-refractivity contribution in [1.29, 1.82) is 0 Å². The number of aliphatic hydroxyl groups is 1. The van der Waals surface area contributed by atoms with Crippen LogP contribution in [0.1, 0.15) is 19.8 Å². The van der Waals surface area contributed by atoms with Crippen molar-refractivity contribution in [3.8, 4) is 0 Å². The van der Waals surface area contributed by atoms with Crippen LogP contribution in [0.25, 0.3) is 0 Å². The number of nitrogens with one attached hydrogen (secondary N) is 2. The number of nitrogens with zero attached hydrogens (tertiary/aromatic N) is 1. The summed E-state index contributed by atoms with van der Waals surface area (Å²) in [5, 5.41) is 23.3. The Hall–Kier alpha value is -1.83. The van der Waals surface area contributed by atoms with Crippen molar-refractivity contribution in [3.63, 3.8) is 0 Å². The summed E-state index contributed by atoms with van der Waals surface area (Å²) in [6.07, 6.45) is -0.0510. The topological polar surface area (TPSA) is 119 Å². The highest BCUT2D eigenvalue weighted by Crippen LogP contribution is 2.17. The zero-order valence-electron chi connectivity index (χ0n) is 10.8. The van der Waals surface area contributed by atoms with Crippen molar-refractivity contribution in [2.45, 2.75) is 31.9 Å². The fourth-order valence-electron chi connectivity index (χ4n) is 1.86. The molecule has 4 N–H and O–H groups in total. The van der Waals surface area contributed by atoms with Gasteiger partial charge in [-0.1, -0.05) is 6.92 Å². The van der Waals surface area contributed by atoms with Crippen LogP contribution < -0.4 is 10.6 Å². The van der Waals surface area contributed by atoms with Gasteiger partial charge in [0.05, 0.1) is 12.6 Å². The van der Waals surface area contributed by atoms with Crippen molar-refractivity contribution in [3.05, 3.63) is 0 Å². The molecule has 0 aromatic carbocycles. The number of amides is 3. The van der Waals surface area contributed by atoms with Gasteiger partial charge in [0, 0.05) is 19.5 Å². The van der Waals surface area contributed by atoms with E-state index >= 15 is 0 Å². The third-order valence-corrected chi connectivity index (χ3v) is 2.80. The van der Waals surface area contributed by atoms with Crippen LogP contribution in [0.3, 0.4) is 0 Å². The summed E-state index contributed by atoms with van der Waals surface area (Å²) in [6, 6.07) is -1.70. The molecular weight excluding hydrogens is 254 g/mol. The number of likely N-dealkylation sites (tertiary alicyclic amines) is 1. The van der Waals surface area contributed by atoms with E-state index in [4.69, 9.17) is 5.11 Å². The van der Waals surface area contributed by atoms with Gasteiger partial charge in [-0.25, -0.2) is 9.59 Å². The molecular formula is C11H19N3O5. The maximum absolute atomic E-state index is 11.7. The lowest BCUT2D eigenvalue weighted by Gasteiger charge is -2.21. The highest BCUT2D eigenvalue weighted by atomic mass is 16.4. The molecule has 0 saturated carbocycles. The molecule has 1 fully saturated rings. The monoisotopic (exact) mass is 273 g/mol. The fourth-order valence-corrected chi connectivity index (χ4v) is 1.86. The molecule has 108 valence electrons. The van der Waals surface area contributed by atoms with E-state index in [-0.39, 0.29) is 25.4 Å². The molecule has 1 saturated heterocycles. The third kappa shape index (κ3) is 4.40. The van der Waals surface area contributed by atoms with Gasteiger partial charge >= 0.3 is 12.0 Å². The van der Waals surface area contributed by atoms with Crippen LogP contribution in [0.2, 0.25) is 0 Å². The molecule has 0 bridgehead atoms. The van der Waals surface area contributed by atoms with Gasteiger partial charge in [0.25, 0.3) is 0 Å². The average molecular weight is 273 g/mol. The van der Waals surface area contributed by atoms with E-state index in [2.05, 4.69) is 10.6 Å². The van der Waals surface area contributed by atoms with E-state index in [9.17, 15) is 19.5 Å². The number of hydrogen-bond donors (Lipinski definition) is 4. The number of hydrogen-bond acceptors (Lipinski definition) is 4. The number of aliphatic hydroxyl groups excluding tert-OH is 1. The zero-order chi connectivity index (χ0) is 14.4. The molecule has 2 atom stereocenters. The molecule has 3 amide bonds. The Morgan fingerprint density at radius 1 is 1.32 bits per heavy atom. The maximum atomic E-state index is 11.7. The lowest BCUT2D eigenvalue weighted by Crippen LogP contribution is -2.48. The number of β-amino-alcohol motifs (C(OH)–C–C–N with tert-alkyl or cyclic N) is 1. The van der Waals surface area contributed by atoms with Gasteiger partial charge in [-0.2, -0.15) is 0 Å². The van der Waals surface area contributed by atoms with Gasteiger partial charge in [0.15, 0.2) is 0 Å². The van der Waals surface area contributed by atoms with Crippen molar-refractivity contribution >= 4 is 17.9 Å². The van der Waals surface area contributed by atoms with Crippen molar-refractivity contribution in [2.75, 3.05) is 19.6 Å². The molecule has 0 aromatic rings. The Labute approximate surface area is 110 Å². The number of carboxylic acids is 1. The van der Waals surface area contributed by atoms with Crippen LogP contribution in [0.15, 0.2) is 0 Å².